The molecule has 0 aliphatic heterocycles. The van der Waals surface area contributed by atoms with Crippen molar-refractivity contribution in [3.63, 3.8) is 0 Å². The summed E-state index contributed by atoms with van der Waals surface area (Å²) in [6.45, 7) is 0.280. The number of nitrogens with zero attached hydrogens (tertiary/aromatic N) is 1. The number of halogens is 1. The predicted octanol–water partition coefficient (Wildman–Crippen LogP) is 2.47. The molecule has 2 aromatic heterocycles. The highest BCUT2D eigenvalue weighted by Crippen LogP contribution is 2.19. The first-order chi connectivity index (χ1) is 11.5. The lowest BCUT2D eigenvalue weighted by Gasteiger charge is -2.08. The average molecular weight is 346 g/mol. The minimum absolute atomic E-state index is 0.0982. The Labute approximate surface area is 143 Å². The third-order valence-corrected chi connectivity index (χ3v) is 3.96. The molecule has 0 spiro atoms. The van der Waals surface area contributed by atoms with Crippen LogP contribution < -0.4 is 10.6 Å². The molecule has 0 radical (unpaired) electrons. The second-order valence-corrected chi connectivity index (χ2v) is 5.78. The lowest BCUT2D eigenvalue weighted by molar-refractivity contribution is -0.120. The van der Waals surface area contributed by atoms with Gasteiger partial charge in [0.05, 0.1) is 18.3 Å². The average Bonchev–Trinajstić information content (AvgIpc) is 3.15. The number of hydrogen-bond donors (Lipinski definition) is 2. The molecule has 2 N–H and O–H groups in total. The van der Waals surface area contributed by atoms with Gasteiger partial charge in [-0.1, -0.05) is 23.7 Å². The smallest absolute Gasteiger partial charge is 0.268 e. The van der Waals surface area contributed by atoms with Gasteiger partial charge in [-0.2, -0.15) is 0 Å². The molecule has 3 aromatic rings. The lowest BCUT2D eigenvalue weighted by atomic mass is 10.2. The van der Waals surface area contributed by atoms with E-state index in [-0.39, 0.29) is 18.4 Å². The van der Waals surface area contributed by atoms with Crippen molar-refractivity contribution in [3.05, 3.63) is 58.9 Å². The fraction of sp³-hybridized carbons (Fsp3) is 0.176. The van der Waals surface area contributed by atoms with E-state index in [4.69, 9.17) is 16.0 Å². The first-order valence-corrected chi connectivity index (χ1v) is 7.74. The minimum Gasteiger partial charge on any atom is -0.463 e. The number of nitrogens with one attached hydrogen (secondary N) is 2. The topological polar surface area (TPSA) is 76.3 Å². The van der Waals surface area contributed by atoms with E-state index in [1.807, 2.05) is 12.1 Å². The molecule has 0 fully saturated rings. The highest BCUT2D eigenvalue weighted by atomic mass is 35.5. The molecule has 24 heavy (non-hydrogen) atoms. The van der Waals surface area contributed by atoms with Crippen molar-refractivity contribution in [3.8, 4) is 0 Å². The van der Waals surface area contributed by atoms with Gasteiger partial charge in [0.25, 0.3) is 5.91 Å². The molecule has 0 unspecified atom stereocenters. The summed E-state index contributed by atoms with van der Waals surface area (Å²) in [5.74, 6) is -0.596. The maximum Gasteiger partial charge on any atom is 0.268 e. The van der Waals surface area contributed by atoms with E-state index < -0.39 is 0 Å². The highest BCUT2D eigenvalue weighted by molar-refractivity contribution is 6.30. The van der Waals surface area contributed by atoms with Gasteiger partial charge < -0.3 is 19.6 Å². The summed E-state index contributed by atoms with van der Waals surface area (Å²) in [6.07, 6.45) is 1.57. The molecule has 0 saturated heterocycles. The molecule has 2 amide bonds. The molecule has 0 atom stereocenters. The van der Waals surface area contributed by atoms with Crippen molar-refractivity contribution in [1.29, 1.82) is 0 Å². The largest absolute Gasteiger partial charge is 0.463 e. The Balaban J connectivity index is 1.52. The van der Waals surface area contributed by atoms with E-state index in [1.165, 1.54) is 0 Å². The van der Waals surface area contributed by atoms with Gasteiger partial charge in [0.1, 0.15) is 5.69 Å². The lowest BCUT2D eigenvalue weighted by Crippen LogP contribution is -2.37. The Kier molecular flexibility index (Phi) is 4.57. The number of carbonyl (C=O) groups is 2. The van der Waals surface area contributed by atoms with Gasteiger partial charge in [-0.3, -0.25) is 9.59 Å². The zero-order valence-corrected chi connectivity index (χ0v) is 13.8. The molecule has 0 bridgehead atoms. The normalized spacial score (nSPS) is 10.8. The first-order valence-electron chi connectivity index (χ1n) is 7.37. The van der Waals surface area contributed by atoms with E-state index in [0.717, 1.165) is 11.1 Å². The number of benzene rings is 1. The van der Waals surface area contributed by atoms with Crippen LogP contribution in [0.2, 0.25) is 5.02 Å². The summed E-state index contributed by atoms with van der Waals surface area (Å²) >= 11 is 5.81. The number of rotatable bonds is 5. The Morgan fingerprint density at radius 3 is 2.62 bits per heavy atom. The van der Waals surface area contributed by atoms with Gasteiger partial charge >= 0.3 is 0 Å². The van der Waals surface area contributed by atoms with Crippen LogP contribution in [-0.4, -0.2) is 22.9 Å². The van der Waals surface area contributed by atoms with Gasteiger partial charge in [-0.25, -0.2) is 0 Å². The van der Waals surface area contributed by atoms with Gasteiger partial charge in [0.2, 0.25) is 5.91 Å². The third kappa shape index (κ3) is 3.44. The molecule has 0 saturated carbocycles. The van der Waals surface area contributed by atoms with Gasteiger partial charge in [0, 0.05) is 30.7 Å². The summed E-state index contributed by atoms with van der Waals surface area (Å²) in [5, 5.41) is 5.98. The third-order valence-electron chi connectivity index (χ3n) is 3.71. The molecule has 0 aliphatic carbocycles. The standard InChI is InChI=1S/C17H16ClN3O3/c1-21-13-6-7-24-15(13)8-14(21)17(23)20-10-16(22)19-9-11-2-4-12(18)5-3-11/h2-8H,9-10H2,1H3,(H,19,22)(H,20,23). The summed E-state index contributed by atoms with van der Waals surface area (Å²) in [4.78, 5) is 24.0. The van der Waals surface area contributed by atoms with Crippen LogP contribution in [0.4, 0.5) is 0 Å². The molecule has 1 aromatic carbocycles. The quantitative estimate of drug-likeness (QED) is 0.745. The van der Waals surface area contributed by atoms with Crippen LogP contribution in [0.5, 0.6) is 0 Å². The van der Waals surface area contributed by atoms with E-state index in [1.54, 1.807) is 42.1 Å². The van der Waals surface area contributed by atoms with E-state index in [0.29, 0.717) is 22.8 Å². The van der Waals surface area contributed by atoms with Crippen LogP contribution >= 0.6 is 11.6 Å². The molecule has 7 heteroatoms. The van der Waals surface area contributed by atoms with E-state index >= 15 is 0 Å². The summed E-state index contributed by atoms with van der Waals surface area (Å²) < 4.78 is 6.98. The van der Waals surface area contributed by atoms with E-state index in [2.05, 4.69) is 10.6 Å². The monoisotopic (exact) mass is 345 g/mol. The second-order valence-electron chi connectivity index (χ2n) is 5.34. The fourth-order valence-electron chi connectivity index (χ4n) is 2.38. The number of hydrogen-bond acceptors (Lipinski definition) is 3. The van der Waals surface area contributed by atoms with Crippen molar-refractivity contribution < 1.29 is 14.0 Å². The maximum absolute atomic E-state index is 12.2. The van der Waals surface area contributed by atoms with Gasteiger partial charge in [-0.15, -0.1) is 0 Å². The molecular weight excluding hydrogens is 330 g/mol. The van der Waals surface area contributed by atoms with Crippen molar-refractivity contribution in [1.82, 2.24) is 15.2 Å². The SMILES string of the molecule is Cn1c(C(=O)NCC(=O)NCc2ccc(Cl)cc2)cc2occc21. The number of fused-ring (bicyclic) bond motifs is 1. The second kappa shape index (κ2) is 6.80. The molecule has 2 heterocycles. The zero-order chi connectivity index (χ0) is 17.1. The highest BCUT2D eigenvalue weighted by Gasteiger charge is 2.15. The van der Waals surface area contributed by atoms with Gasteiger partial charge in [0.15, 0.2) is 5.58 Å². The Hall–Kier alpha value is -2.73. The summed E-state index contributed by atoms with van der Waals surface area (Å²) in [6, 6.07) is 10.6. The molecule has 0 aliphatic rings. The van der Waals surface area contributed by atoms with Gasteiger partial charge in [-0.05, 0) is 17.7 Å². The molecule has 3 rings (SSSR count). The van der Waals surface area contributed by atoms with E-state index in [9.17, 15) is 9.59 Å². The van der Waals surface area contributed by atoms with Crippen LogP contribution in [0, 0.1) is 0 Å². The Morgan fingerprint density at radius 1 is 1.17 bits per heavy atom. The first kappa shape index (κ1) is 16.1. The minimum atomic E-state index is -0.328. The van der Waals surface area contributed by atoms with Crippen LogP contribution in [0.15, 0.2) is 47.1 Å². The summed E-state index contributed by atoms with van der Waals surface area (Å²) in [5.41, 5.74) is 2.83. The molecule has 124 valence electrons. The maximum atomic E-state index is 12.2. The van der Waals surface area contributed by atoms with Crippen molar-refractivity contribution in [2.75, 3.05) is 6.54 Å². The number of aromatic nitrogens is 1. The summed E-state index contributed by atoms with van der Waals surface area (Å²) in [7, 11) is 1.77. The van der Waals surface area contributed by atoms with Crippen LogP contribution in [0.25, 0.3) is 11.1 Å². The van der Waals surface area contributed by atoms with Crippen molar-refractivity contribution in [2.24, 2.45) is 7.05 Å². The number of furan rings is 1. The number of carbonyl (C=O) groups excluding carboxylic acids is 2. The molecule has 6 nitrogen and oxygen atoms in total. The van der Waals surface area contributed by atoms with Crippen molar-refractivity contribution >= 4 is 34.5 Å². The number of aryl methyl sites for hydroxylation is 1. The Morgan fingerprint density at radius 2 is 1.92 bits per heavy atom. The van der Waals surface area contributed by atoms with Crippen LogP contribution in [-0.2, 0) is 18.4 Å². The van der Waals surface area contributed by atoms with Crippen LogP contribution in [0.3, 0.4) is 0 Å². The van der Waals surface area contributed by atoms with Crippen molar-refractivity contribution in [2.45, 2.75) is 6.54 Å². The zero-order valence-electron chi connectivity index (χ0n) is 13.0. The number of amides is 2. The molecular formula is C17H16ClN3O3. The predicted molar refractivity (Wildman–Crippen MR) is 90.8 cm³/mol. The fourth-order valence-corrected chi connectivity index (χ4v) is 2.51. The Bertz CT molecular complexity index is 880. The van der Waals surface area contributed by atoms with Crippen LogP contribution in [0.1, 0.15) is 16.1 Å².